The van der Waals surface area contributed by atoms with E-state index in [1.807, 2.05) is 24.3 Å². The van der Waals surface area contributed by atoms with Crippen LogP contribution in [-0.4, -0.2) is 44.4 Å². The minimum Gasteiger partial charge on any atom is -0.465 e. The third-order valence-electron chi connectivity index (χ3n) is 3.23. The second-order valence-corrected chi connectivity index (χ2v) is 4.51. The van der Waals surface area contributed by atoms with Gasteiger partial charge in [0.2, 0.25) is 12.1 Å². The van der Waals surface area contributed by atoms with E-state index in [0.29, 0.717) is 5.56 Å². The number of rotatable bonds is 6. The normalized spacial score (nSPS) is 11.9. The van der Waals surface area contributed by atoms with Gasteiger partial charge in [-0.25, -0.2) is 4.79 Å². The molecule has 0 radical (unpaired) electrons. The lowest BCUT2D eigenvalue weighted by Crippen LogP contribution is -2.29. The highest BCUT2D eigenvalue weighted by molar-refractivity contribution is 6.22. The molecule has 0 aliphatic rings. The van der Waals surface area contributed by atoms with Gasteiger partial charge in [0.05, 0.1) is 7.11 Å². The molecule has 0 amide bonds. The van der Waals surface area contributed by atoms with Crippen LogP contribution in [0.15, 0.2) is 36.0 Å². The van der Waals surface area contributed by atoms with Crippen molar-refractivity contribution >= 4 is 28.7 Å². The Morgan fingerprint density at radius 2 is 1.82 bits per heavy atom. The molecule has 1 heterocycles. The zero-order chi connectivity index (χ0) is 16.1. The number of hydrogen-bond donors (Lipinski definition) is 1. The highest BCUT2D eigenvalue weighted by Gasteiger charge is 2.27. The molecule has 22 heavy (non-hydrogen) atoms. The van der Waals surface area contributed by atoms with Crippen LogP contribution < -0.4 is 0 Å². The van der Waals surface area contributed by atoms with Gasteiger partial charge in [-0.3, -0.25) is 4.79 Å². The van der Waals surface area contributed by atoms with Crippen molar-refractivity contribution in [1.29, 1.82) is 0 Å². The minimum atomic E-state index is -1.16. The van der Waals surface area contributed by atoms with Crippen molar-refractivity contribution in [2.75, 3.05) is 21.3 Å². The summed E-state index contributed by atoms with van der Waals surface area (Å²) in [6.07, 6.45) is 2.03. The molecule has 6 nitrogen and oxygen atoms in total. The van der Waals surface area contributed by atoms with Gasteiger partial charge in [0, 0.05) is 36.9 Å². The lowest BCUT2D eigenvalue weighted by atomic mass is 10.1. The van der Waals surface area contributed by atoms with Crippen molar-refractivity contribution in [2.24, 2.45) is 0 Å². The zero-order valence-corrected chi connectivity index (χ0v) is 12.6. The van der Waals surface area contributed by atoms with E-state index in [0.717, 1.165) is 10.9 Å². The van der Waals surface area contributed by atoms with Crippen molar-refractivity contribution in [3.63, 3.8) is 0 Å². The first-order valence-electron chi connectivity index (χ1n) is 6.58. The number of H-pyrrole nitrogens is 1. The number of fused-ring (bicyclic) bond motifs is 1. The average molecular weight is 303 g/mol. The molecule has 0 fully saturated rings. The van der Waals surface area contributed by atoms with Crippen LogP contribution in [0.3, 0.4) is 0 Å². The van der Waals surface area contributed by atoms with E-state index in [4.69, 9.17) is 9.47 Å². The molecule has 0 aliphatic heterocycles. The fourth-order valence-electron chi connectivity index (χ4n) is 2.15. The largest absolute Gasteiger partial charge is 0.465 e. The highest BCUT2D eigenvalue weighted by Crippen LogP contribution is 2.21. The number of para-hydroxylation sites is 1. The van der Waals surface area contributed by atoms with Crippen LogP contribution >= 0.6 is 0 Å². The van der Waals surface area contributed by atoms with Crippen LogP contribution in [0.5, 0.6) is 0 Å². The Hall–Kier alpha value is -2.44. The molecule has 1 aromatic heterocycles. The van der Waals surface area contributed by atoms with Crippen LogP contribution in [0.4, 0.5) is 0 Å². The molecular weight excluding hydrogens is 286 g/mol. The van der Waals surface area contributed by atoms with E-state index in [1.165, 1.54) is 27.4 Å². The fraction of sp³-hybridized carbons (Fsp3) is 0.250. The summed E-state index contributed by atoms with van der Waals surface area (Å²) in [5, 5.41) is 0.892. The smallest absolute Gasteiger partial charge is 0.341 e. The van der Waals surface area contributed by atoms with E-state index >= 15 is 0 Å². The van der Waals surface area contributed by atoms with E-state index in [-0.39, 0.29) is 5.57 Å². The van der Waals surface area contributed by atoms with Gasteiger partial charge in [-0.05, 0) is 12.1 Å². The highest BCUT2D eigenvalue weighted by atomic mass is 16.7. The molecular formula is C16H17NO5. The van der Waals surface area contributed by atoms with Gasteiger partial charge in [0.25, 0.3) is 0 Å². The monoisotopic (exact) mass is 303 g/mol. The van der Waals surface area contributed by atoms with Gasteiger partial charge < -0.3 is 19.2 Å². The number of carbonyl (C=O) groups is 2. The first-order valence-corrected chi connectivity index (χ1v) is 6.58. The van der Waals surface area contributed by atoms with Gasteiger partial charge in [-0.1, -0.05) is 18.2 Å². The van der Waals surface area contributed by atoms with Crippen molar-refractivity contribution in [3.8, 4) is 0 Å². The maximum absolute atomic E-state index is 12.3. The van der Waals surface area contributed by atoms with Crippen LogP contribution in [0.25, 0.3) is 17.0 Å². The third kappa shape index (κ3) is 3.08. The van der Waals surface area contributed by atoms with Crippen LogP contribution in [0.1, 0.15) is 5.56 Å². The molecule has 1 N–H and O–H groups in total. The summed E-state index contributed by atoms with van der Waals surface area (Å²) < 4.78 is 14.5. The van der Waals surface area contributed by atoms with E-state index in [1.54, 1.807) is 6.20 Å². The quantitative estimate of drug-likeness (QED) is 0.290. The molecule has 0 saturated carbocycles. The summed E-state index contributed by atoms with van der Waals surface area (Å²) in [5.74, 6) is -1.34. The molecule has 0 saturated heterocycles. The summed E-state index contributed by atoms with van der Waals surface area (Å²) in [7, 11) is 3.87. The fourth-order valence-corrected chi connectivity index (χ4v) is 2.15. The van der Waals surface area contributed by atoms with Crippen molar-refractivity contribution in [2.45, 2.75) is 6.29 Å². The number of methoxy groups -OCH3 is 3. The van der Waals surface area contributed by atoms with Crippen LogP contribution in [0, 0.1) is 0 Å². The number of nitrogens with one attached hydrogen (secondary N) is 1. The Labute approximate surface area is 127 Å². The van der Waals surface area contributed by atoms with E-state index in [2.05, 4.69) is 9.72 Å². The number of aromatic amines is 1. The minimum absolute atomic E-state index is 0.138. The van der Waals surface area contributed by atoms with Crippen molar-refractivity contribution < 1.29 is 23.8 Å². The predicted octanol–water partition coefficient (Wildman–Crippen LogP) is 1.91. The molecule has 0 atom stereocenters. The number of ketones is 1. The number of ether oxygens (including phenoxy) is 3. The van der Waals surface area contributed by atoms with Crippen LogP contribution in [0.2, 0.25) is 0 Å². The van der Waals surface area contributed by atoms with Crippen molar-refractivity contribution in [3.05, 3.63) is 41.6 Å². The Morgan fingerprint density at radius 3 is 2.45 bits per heavy atom. The number of esters is 1. The maximum Gasteiger partial charge on any atom is 0.341 e. The van der Waals surface area contributed by atoms with Gasteiger partial charge >= 0.3 is 5.97 Å². The molecule has 0 aliphatic carbocycles. The second kappa shape index (κ2) is 7.02. The van der Waals surface area contributed by atoms with Crippen molar-refractivity contribution in [1.82, 2.24) is 4.98 Å². The molecule has 2 rings (SSSR count). The molecule has 1 aromatic carbocycles. The molecule has 2 aromatic rings. The molecule has 0 unspecified atom stereocenters. The third-order valence-corrected chi connectivity index (χ3v) is 3.23. The molecule has 0 spiro atoms. The lowest BCUT2D eigenvalue weighted by Gasteiger charge is -2.13. The number of carbonyl (C=O) groups excluding carboxylic acids is 2. The first kappa shape index (κ1) is 15.9. The van der Waals surface area contributed by atoms with Gasteiger partial charge in [0.1, 0.15) is 5.57 Å². The lowest BCUT2D eigenvalue weighted by molar-refractivity contribution is -0.155. The Bertz CT molecular complexity index is 712. The summed E-state index contributed by atoms with van der Waals surface area (Å²) in [6.45, 7) is 0. The number of benzene rings is 1. The summed E-state index contributed by atoms with van der Waals surface area (Å²) in [6, 6.07) is 7.56. The number of Topliss-reactive ketones (excluding diaryl/α,β-unsaturated/α-hetero) is 1. The molecule has 6 heteroatoms. The Balaban J connectivity index is 2.49. The summed E-state index contributed by atoms with van der Waals surface area (Å²) >= 11 is 0. The topological polar surface area (TPSA) is 77.6 Å². The van der Waals surface area contributed by atoms with E-state index < -0.39 is 18.0 Å². The van der Waals surface area contributed by atoms with Gasteiger partial charge in [0.15, 0.2) is 0 Å². The second-order valence-electron chi connectivity index (χ2n) is 4.51. The standard InChI is InChI=1S/C16H17NO5/c1-20-15(19)12(14(18)16(21-2)22-3)8-10-9-17-13-7-5-4-6-11(10)13/h4-9,16-17H,1-3H3/b12-8-. The summed E-state index contributed by atoms with van der Waals surface area (Å²) in [5.41, 5.74) is 1.47. The molecule has 0 bridgehead atoms. The summed E-state index contributed by atoms with van der Waals surface area (Å²) in [4.78, 5) is 27.3. The van der Waals surface area contributed by atoms with Gasteiger partial charge in [-0.2, -0.15) is 0 Å². The van der Waals surface area contributed by atoms with Crippen LogP contribution in [-0.2, 0) is 23.8 Å². The SMILES string of the molecule is COC(=O)/C(=C\c1c[nH]c2ccccc12)C(=O)C(OC)OC. The Morgan fingerprint density at radius 1 is 1.14 bits per heavy atom. The maximum atomic E-state index is 12.3. The Kier molecular flexibility index (Phi) is 5.08. The first-order chi connectivity index (χ1) is 10.6. The average Bonchev–Trinajstić information content (AvgIpc) is 2.96. The number of hydrogen-bond acceptors (Lipinski definition) is 5. The van der Waals surface area contributed by atoms with E-state index in [9.17, 15) is 9.59 Å². The molecule has 116 valence electrons. The zero-order valence-electron chi connectivity index (χ0n) is 12.6. The van der Waals surface area contributed by atoms with Gasteiger partial charge in [-0.15, -0.1) is 0 Å². The predicted molar refractivity (Wildman–Crippen MR) is 81.1 cm³/mol. The number of aromatic nitrogens is 1.